The molecule has 1 aliphatic rings. The van der Waals surface area contributed by atoms with E-state index in [2.05, 4.69) is 15.4 Å². The van der Waals surface area contributed by atoms with Crippen LogP contribution in [0.1, 0.15) is 46.3 Å². The van der Waals surface area contributed by atoms with E-state index in [1.54, 1.807) is 37.8 Å². The van der Waals surface area contributed by atoms with Crippen molar-refractivity contribution >= 4 is 34.3 Å². The number of aromatic nitrogens is 3. The summed E-state index contributed by atoms with van der Waals surface area (Å²) in [5.41, 5.74) is 1.33. The summed E-state index contributed by atoms with van der Waals surface area (Å²) < 4.78 is 27.6. The Morgan fingerprint density at radius 2 is 2.23 bits per heavy atom. The Kier molecular flexibility index (Phi) is 5.46. The molecule has 7 nitrogen and oxygen atoms in total. The molecular formula is C21H24ClFN4O3. The molecule has 0 radical (unpaired) electrons. The molecule has 0 spiro atoms. The molecular weight excluding hydrogens is 411 g/mol. The number of hydrogen-bond acceptors (Lipinski definition) is 4. The Hall–Kier alpha value is -2.58. The van der Waals surface area contributed by atoms with Gasteiger partial charge in [-0.1, -0.05) is 11.6 Å². The first-order valence-electron chi connectivity index (χ1n) is 9.88. The highest BCUT2D eigenvalue weighted by Gasteiger charge is 2.23. The van der Waals surface area contributed by atoms with Gasteiger partial charge >= 0.3 is 6.09 Å². The number of carbonyl (C=O) groups is 1. The van der Waals surface area contributed by atoms with Gasteiger partial charge in [-0.05, 0) is 46.1 Å². The van der Waals surface area contributed by atoms with E-state index in [1.165, 1.54) is 6.07 Å². The van der Waals surface area contributed by atoms with Gasteiger partial charge in [-0.15, -0.1) is 0 Å². The van der Waals surface area contributed by atoms with Gasteiger partial charge in [0.1, 0.15) is 11.8 Å². The Balaban J connectivity index is 1.73. The van der Waals surface area contributed by atoms with E-state index >= 15 is 0 Å². The lowest BCUT2D eigenvalue weighted by Gasteiger charge is -2.22. The van der Waals surface area contributed by atoms with Crippen LogP contribution in [-0.4, -0.2) is 33.1 Å². The number of H-pyrrole nitrogens is 1. The first-order valence-corrected chi connectivity index (χ1v) is 10.3. The van der Waals surface area contributed by atoms with Crippen molar-refractivity contribution in [3.63, 3.8) is 0 Å². The zero-order chi connectivity index (χ0) is 21.5. The van der Waals surface area contributed by atoms with Crippen LogP contribution >= 0.6 is 11.6 Å². The summed E-state index contributed by atoms with van der Waals surface area (Å²) in [7, 11) is 0. The third-order valence-corrected chi connectivity index (χ3v) is 5.12. The van der Waals surface area contributed by atoms with Crippen LogP contribution in [-0.2, 0) is 9.47 Å². The van der Waals surface area contributed by atoms with Gasteiger partial charge in [0.25, 0.3) is 0 Å². The van der Waals surface area contributed by atoms with Crippen LogP contribution in [0.4, 0.5) is 14.9 Å². The molecule has 1 unspecified atom stereocenters. The van der Waals surface area contributed by atoms with Gasteiger partial charge in [0.05, 0.1) is 22.4 Å². The van der Waals surface area contributed by atoms with E-state index < -0.39 is 17.5 Å². The summed E-state index contributed by atoms with van der Waals surface area (Å²) in [4.78, 5) is 15.3. The topological polar surface area (TPSA) is 81.2 Å². The van der Waals surface area contributed by atoms with Crippen molar-refractivity contribution in [2.75, 3.05) is 11.9 Å². The summed E-state index contributed by atoms with van der Waals surface area (Å²) in [6, 6.07) is 1.38. The van der Waals surface area contributed by atoms with Gasteiger partial charge in [0, 0.05) is 35.5 Å². The molecule has 160 valence electrons. The van der Waals surface area contributed by atoms with Crippen molar-refractivity contribution in [2.24, 2.45) is 0 Å². The molecule has 0 saturated carbocycles. The molecule has 30 heavy (non-hydrogen) atoms. The third-order valence-electron chi connectivity index (χ3n) is 4.85. The average molecular weight is 435 g/mol. The van der Waals surface area contributed by atoms with Crippen molar-refractivity contribution in [1.82, 2.24) is 14.8 Å². The minimum absolute atomic E-state index is 0.103. The molecule has 0 aliphatic carbocycles. The first kappa shape index (κ1) is 20.7. The van der Waals surface area contributed by atoms with Crippen molar-refractivity contribution < 1.29 is 18.7 Å². The average Bonchev–Trinajstić information content (AvgIpc) is 3.32. The summed E-state index contributed by atoms with van der Waals surface area (Å²) in [6.45, 7) is 6.01. The number of nitrogens with one attached hydrogen (secondary N) is 2. The summed E-state index contributed by atoms with van der Waals surface area (Å²) in [6.07, 6.45) is 7.51. The fraction of sp³-hybridized carbons (Fsp3) is 0.429. The molecule has 1 amide bonds. The SMILES string of the molecule is CC(C)(C)OC(=O)Nc1cc(Cl)c(F)c2[nH]cc(-c3cnn(C4CCCCO4)c3)c12. The van der Waals surface area contributed by atoms with Gasteiger partial charge in [-0.25, -0.2) is 13.9 Å². The highest BCUT2D eigenvalue weighted by atomic mass is 35.5. The van der Waals surface area contributed by atoms with Gasteiger partial charge in [0.2, 0.25) is 0 Å². The number of rotatable bonds is 3. The van der Waals surface area contributed by atoms with Gasteiger partial charge < -0.3 is 14.5 Å². The molecule has 1 aromatic carbocycles. The molecule has 1 atom stereocenters. The molecule has 9 heteroatoms. The van der Waals surface area contributed by atoms with Gasteiger partial charge in [0.15, 0.2) is 5.82 Å². The van der Waals surface area contributed by atoms with Crippen LogP contribution in [0.3, 0.4) is 0 Å². The number of nitrogens with zero attached hydrogens (tertiary/aromatic N) is 2. The van der Waals surface area contributed by atoms with Crippen LogP contribution < -0.4 is 5.32 Å². The Labute approximate surface area is 178 Å². The largest absolute Gasteiger partial charge is 0.444 e. The lowest BCUT2D eigenvalue weighted by atomic mass is 10.1. The minimum Gasteiger partial charge on any atom is -0.444 e. The van der Waals surface area contributed by atoms with E-state index in [0.29, 0.717) is 23.2 Å². The number of ether oxygens (including phenoxy) is 2. The number of halogens is 2. The highest BCUT2D eigenvalue weighted by molar-refractivity contribution is 6.32. The quantitative estimate of drug-likeness (QED) is 0.540. The molecule has 3 aromatic rings. The second-order valence-electron chi connectivity index (χ2n) is 8.33. The molecule has 4 rings (SSSR count). The molecule has 2 N–H and O–H groups in total. The number of fused-ring (bicyclic) bond motifs is 1. The Bertz CT molecular complexity index is 1080. The summed E-state index contributed by atoms with van der Waals surface area (Å²) in [5, 5.41) is 7.51. The van der Waals surface area contributed by atoms with E-state index in [9.17, 15) is 9.18 Å². The zero-order valence-corrected chi connectivity index (χ0v) is 17.8. The molecule has 1 saturated heterocycles. The number of hydrogen-bond donors (Lipinski definition) is 2. The van der Waals surface area contributed by atoms with E-state index in [0.717, 1.165) is 24.8 Å². The monoisotopic (exact) mass is 434 g/mol. The van der Waals surface area contributed by atoms with Crippen LogP contribution in [0.25, 0.3) is 22.0 Å². The second-order valence-corrected chi connectivity index (χ2v) is 8.74. The normalized spacial score (nSPS) is 17.3. The van der Waals surface area contributed by atoms with Crippen LogP contribution in [0, 0.1) is 5.82 Å². The van der Waals surface area contributed by atoms with Crippen LogP contribution in [0.15, 0.2) is 24.7 Å². The van der Waals surface area contributed by atoms with Gasteiger partial charge in [-0.2, -0.15) is 5.10 Å². The first-order chi connectivity index (χ1) is 14.2. The van der Waals surface area contributed by atoms with Crippen molar-refractivity contribution in [1.29, 1.82) is 0 Å². The Morgan fingerprint density at radius 3 is 2.93 bits per heavy atom. The predicted octanol–water partition coefficient (Wildman–Crippen LogP) is 5.87. The number of aromatic amines is 1. The Morgan fingerprint density at radius 1 is 1.43 bits per heavy atom. The fourth-order valence-corrected chi connectivity index (χ4v) is 3.77. The maximum atomic E-state index is 14.7. The zero-order valence-electron chi connectivity index (χ0n) is 17.1. The van der Waals surface area contributed by atoms with Crippen molar-refractivity contribution in [3.05, 3.63) is 35.5 Å². The standard InChI is InChI=1S/C21H24ClFN4O3/c1-21(2,3)30-20(28)26-15-8-14(22)18(23)19-17(15)13(10-24-19)12-9-25-27(11-12)16-6-4-5-7-29-16/h8-11,16,24H,4-7H2,1-3H3,(H,26,28). The minimum atomic E-state index is -0.671. The fourth-order valence-electron chi connectivity index (χ4n) is 3.56. The molecule has 3 heterocycles. The number of carbonyl (C=O) groups excluding carboxylic acids is 1. The lowest BCUT2D eigenvalue weighted by Crippen LogP contribution is -2.27. The summed E-state index contributed by atoms with van der Waals surface area (Å²) >= 11 is 6.05. The molecule has 1 aliphatic heterocycles. The predicted molar refractivity (Wildman–Crippen MR) is 113 cm³/mol. The van der Waals surface area contributed by atoms with E-state index in [-0.39, 0.29) is 16.8 Å². The maximum Gasteiger partial charge on any atom is 0.412 e. The maximum absolute atomic E-state index is 14.7. The van der Waals surface area contributed by atoms with E-state index in [1.807, 2.05) is 6.20 Å². The smallest absolute Gasteiger partial charge is 0.412 e. The molecule has 1 fully saturated rings. The van der Waals surface area contributed by atoms with E-state index in [4.69, 9.17) is 21.1 Å². The second kappa shape index (κ2) is 7.92. The van der Waals surface area contributed by atoms with Crippen molar-refractivity contribution in [3.8, 4) is 11.1 Å². The third kappa shape index (κ3) is 4.15. The number of amides is 1. The van der Waals surface area contributed by atoms with Crippen molar-refractivity contribution in [2.45, 2.75) is 51.9 Å². The number of benzene rings is 1. The number of anilines is 1. The van der Waals surface area contributed by atoms with Crippen LogP contribution in [0.5, 0.6) is 0 Å². The lowest BCUT2D eigenvalue weighted by molar-refractivity contribution is -0.0394. The molecule has 2 aromatic heterocycles. The molecule has 0 bridgehead atoms. The highest BCUT2D eigenvalue weighted by Crippen LogP contribution is 2.39. The van der Waals surface area contributed by atoms with Gasteiger partial charge in [-0.3, -0.25) is 5.32 Å². The summed E-state index contributed by atoms with van der Waals surface area (Å²) in [5.74, 6) is -0.587. The van der Waals surface area contributed by atoms with Crippen LogP contribution in [0.2, 0.25) is 5.02 Å².